The number of unbranched alkanes of at least 4 members (excludes halogenated alkanes) is 5. The molecular formula is C16H34O4. The Balaban J connectivity index is 4.28. The van der Waals surface area contributed by atoms with Gasteiger partial charge in [0.1, 0.15) is 6.10 Å². The summed E-state index contributed by atoms with van der Waals surface area (Å²) in [5.41, 5.74) is 0. The summed E-state index contributed by atoms with van der Waals surface area (Å²) in [6.07, 6.45) is 8.23. The predicted octanol–water partition coefficient (Wildman–Crippen LogP) is 4.13. The van der Waals surface area contributed by atoms with Gasteiger partial charge in [-0.1, -0.05) is 45.4 Å². The largest absolute Gasteiger partial charge is 0.373 e. The fraction of sp³-hybridized carbons (Fsp3) is 1.00. The third-order valence-electron chi connectivity index (χ3n) is 3.47. The average Bonchev–Trinajstić information content (AvgIpc) is 2.46. The van der Waals surface area contributed by atoms with E-state index in [4.69, 9.17) is 18.9 Å². The summed E-state index contributed by atoms with van der Waals surface area (Å²) in [6.45, 7) is 7.17. The Morgan fingerprint density at radius 3 is 1.80 bits per heavy atom. The van der Waals surface area contributed by atoms with Crippen LogP contribution in [0.2, 0.25) is 0 Å². The molecule has 0 aliphatic rings. The molecule has 122 valence electrons. The van der Waals surface area contributed by atoms with E-state index in [9.17, 15) is 0 Å². The van der Waals surface area contributed by atoms with E-state index in [1.54, 1.807) is 14.2 Å². The number of ether oxygens (including phenoxy) is 4. The lowest BCUT2D eigenvalue weighted by atomic mass is 10.1. The lowest BCUT2D eigenvalue weighted by Gasteiger charge is -2.37. The van der Waals surface area contributed by atoms with Crippen LogP contribution >= 0.6 is 0 Å². The molecule has 4 heteroatoms. The monoisotopic (exact) mass is 290 g/mol. The second-order valence-corrected chi connectivity index (χ2v) is 4.95. The fourth-order valence-corrected chi connectivity index (χ4v) is 2.43. The molecule has 0 fully saturated rings. The molecule has 0 aliphatic carbocycles. The molecule has 0 heterocycles. The lowest BCUT2D eigenvalue weighted by Crippen LogP contribution is -2.50. The molecule has 1 unspecified atom stereocenters. The highest BCUT2D eigenvalue weighted by atomic mass is 16.9. The summed E-state index contributed by atoms with van der Waals surface area (Å²) >= 11 is 0. The molecular weight excluding hydrogens is 256 g/mol. The van der Waals surface area contributed by atoms with E-state index in [2.05, 4.69) is 6.92 Å². The maximum atomic E-state index is 5.70. The van der Waals surface area contributed by atoms with Gasteiger partial charge in [-0.3, -0.25) is 0 Å². The maximum Gasteiger partial charge on any atom is 0.310 e. The van der Waals surface area contributed by atoms with E-state index >= 15 is 0 Å². The molecule has 0 bridgehead atoms. The van der Waals surface area contributed by atoms with E-state index in [1.165, 1.54) is 32.1 Å². The van der Waals surface area contributed by atoms with Crippen LogP contribution in [0.5, 0.6) is 0 Å². The molecule has 0 aromatic carbocycles. The van der Waals surface area contributed by atoms with Crippen molar-refractivity contribution in [3.05, 3.63) is 0 Å². The van der Waals surface area contributed by atoms with Crippen molar-refractivity contribution in [3.63, 3.8) is 0 Å². The zero-order valence-electron chi connectivity index (χ0n) is 14.1. The standard InChI is InChI=1S/C16H34O4/c1-6-9-10-11-12-13-14-15(17-4)16(18-5,19-7-2)20-8-3/h15H,6-14H2,1-5H3. The first kappa shape index (κ1) is 19.8. The Labute approximate surface area is 125 Å². The molecule has 4 nitrogen and oxygen atoms in total. The van der Waals surface area contributed by atoms with Gasteiger partial charge < -0.3 is 18.9 Å². The van der Waals surface area contributed by atoms with Crippen molar-refractivity contribution < 1.29 is 18.9 Å². The van der Waals surface area contributed by atoms with Crippen LogP contribution < -0.4 is 0 Å². The molecule has 0 aliphatic heterocycles. The quantitative estimate of drug-likeness (QED) is 0.356. The van der Waals surface area contributed by atoms with E-state index < -0.39 is 5.97 Å². The molecule has 20 heavy (non-hydrogen) atoms. The van der Waals surface area contributed by atoms with E-state index in [-0.39, 0.29) is 6.10 Å². The van der Waals surface area contributed by atoms with Gasteiger partial charge in [0.25, 0.3) is 0 Å². The Kier molecular flexibility index (Phi) is 12.5. The van der Waals surface area contributed by atoms with Crippen LogP contribution in [-0.2, 0) is 18.9 Å². The van der Waals surface area contributed by atoms with Crippen LogP contribution in [0, 0.1) is 0 Å². The highest BCUT2D eigenvalue weighted by Crippen LogP contribution is 2.26. The molecule has 1 atom stereocenters. The van der Waals surface area contributed by atoms with Crippen LogP contribution in [-0.4, -0.2) is 39.5 Å². The SMILES string of the molecule is CCCCCCCCC(OC)C(OC)(OCC)OCC. The minimum atomic E-state index is -1.07. The highest BCUT2D eigenvalue weighted by molar-refractivity contribution is 4.72. The first-order valence-corrected chi connectivity index (χ1v) is 8.06. The first-order chi connectivity index (χ1) is 9.70. The van der Waals surface area contributed by atoms with E-state index in [0.29, 0.717) is 13.2 Å². The Morgan fingerprint density at radius 1 is 0.800 bits per heavy atom. The van der Waals surface area contributed by atoms with Crippen LogP contribution in [0.25, 0.3) is 0 Å². The van der Waals surface area contributed by atoms with E-state index in [0.717, 1.165) is 12.8 Å². The van der Waals surface area contributed by atoms with Gasteiger partial charge in [-0.05, 0) is 20.3 Å². The molecule has 0 saturated heterocycles. The van der Waals surface area contributed by atoms with Gasteiger partial charge in [0.15, 0.2) is 0 Å². The summed E-state index contributed by atoms with van der Waals surface area (Å²) in [7, 11) is 3.30. The van der Waals surface area contributed by atoms with Crippen molar-refractivity contribution in [1.82, 2.24) is 0 Å². The fourth-order valence-electron chi connectivity index (χ4n) is 2.43. The molecule has 0 aromatic rings. The molecule has 0 radical (unpaired) electrons. The zero-order valence-corrected chi connectivity index (χ0v) is 14.1. The highest BCUT2D eigenvalue weighted by Gasteiger charge is 2.41. The number of hydrogen-bond donors (Lipinski definition) is 0. The van der Waals surface area contributed by atoms with Crippen molar-refractivity contribution in [2.75, 3.05) is 27.4 Å². The second kappa shape index (κ2) is 12.6. The van der Waals surface area contributed by atoms with Gasteiger partial charge in [-0.25, -0.2) is 0 Å². The van der Waals surface area contributed by atoms with Crippen LogP contribution in [0.1, 0.15) is 65.7 Å². The normalized spacial score (nSPS) is 13.7. The summed E-state index contributed by atoms with van der Waals surface area (Å²) < 4.78 is 22.5. The van der Waals surface area contributed by atoms with Crippen molar-refractivity contribution >= 4 is 0 Å². The van der Waals surface area contributed by atoms with Gasteiger partial charge in [0, 0.05) is 27.4 Å². The molecule has 0 saturated carbocycles. The molecule has 0 spiro atoms. The van der Waals surface area contributed by atoms with Crippen molar-refractivity contribution in [1.29, 1.82) is 0 Å². The van der Waals surface area contributed by atoms with Crippen molar-refractivity contribution in [2.24, 2.45) is 0 Å². The van der Waals surface area contributed by atoms with Gasteiger partial charge in [0.05, 0.1) is 0 Å². The van der Waals surface area contributed by atoms with Crippen LogP contribution in [0.4, 0.5) is 0 Å². The third-order valence-corrected chi connectivity index (χ3v) is 3.47. The average molecular weight is 290 g/mol. The van der Waals surface area contributed by atoms with Gasteiger partial charge in [0.2, 0.25) is 0 Å². The summed E-state index contributed by atoms with van der Waals surface area (Å²) in [5.74, 6) is -1.07. The van der Waals surface area contributed by atoms with Gasteiger partial charge >= 0.3 is 5.97 Å². The Morgan fingerprint density at radius 2 is 1.35 bits per heavy atom. The van der Waals surface area contributed by atoms with E-state index in [1.807, 2.05) is 13.8 Å². The molecule has 0 aromatic heterocycles. The smallest absolute Gasteiger partial charge is 0.310 e. The van der Waals surface area contributed by atoms with Gasteiger partial charge in [-0.2, -0.15) is 0 Å². The maximum absolute atomic E-state index is 5.70. The molecule has 0 N–H and O–H groups in total. The minimum Gasteiger partial charge on any atom is -0.373 e. The van der Waals surface area contributed by atoms with Crippen molar-refractivity contribution in [3.8, 4) is 0 Å². The molecule has 0 rings (SSSR count). The zero-order chi connectivity index (χ0) is 15.3. The Bertz CT molecular complexity index is 203. The third kappa shape index (κ3) is 7.02. The summed E-state index contributed by atoms with van der Waals surface area (Å²) in [6, 6.07) is 0. The first-order valence-electron chi connectivity index (χ1n) is 8.06. The topological polar surface area (TPSA) is 36.9 Å². The lowest BCUT2D eigenvalue weighted by molar-refractivity contribution is -0.406. The second-order valence-electron chi connectivity index (χ2n) is 4.95. The van der Waals surface area contributed by atoms with Crippen molar-refractivity contribution in [2.45, 2.75) is 77.8 Å². The molecule has 0 amide bonds. The summed E-state index contributed by atoms with van der Waals surface area (Å²) in [4.78, 5) is 0. The predicted molar refractivity (Wildman–Crippen MR) is 81.8 cm³/mol. The summed E-state index contributed by atoms with van der Waals surface area (Å²) in [5, 5.41) is 0. The van der Waals surface area contributed by atoms with Gasteiger partial charge in [-0.15, -0.1) is 0 Å². The Hall–Kier alpha value is -0.160. The number of hydrogen-bond acceptors (Lipinski definition) is 4. The number of methoxy groups -OCH3 is 2. The minimum absolute atomic E-state index is 0.196. The number of rotatable bonds is 14. The van der Waals surface area contributed by atoms with Crippen LogP contribution in [0.3, 0.4) is 0 Å². The van der Waals surface area contributed by atoms with Crippen LogP contribution in [0.15, 0.2) is 0 Å².